The first kappa shape index (κ1) is 9.13. The van der Waals surface area contributed by atoms with Crippen LogP contribution in [0.15, 0.2) is 24.4 Å². The van der Waals surface area contributed by atoms with Crippen LogP contribution >= 0.6 is 12.6 Å². The number of anilines is 1. The summed E-state index contributed by atoms with van der Waals surface area (Å²) in [6.45, 7) is 0. The van der Waals surface area contributed by atoms with Crippen LogP contribution in [0.4, 0.5) is 5.69 Å². The molecule has 1 rings (SSSR count). The van der Waals surface area contributed by atoms with Crippen LogP contribution in [-0.2, 0) is 0 Å². The zero-order valence-electron chi connectivity index (χ0n) is 6.77. The van der Waals surface area contributed by atoms with E-state index in [1.54, 1.807) is 6.20 Å². The molecule has 12 heavy (non-hydrogen) atoms. The van der Waals surface area contributed by atoms with Crippen molar-refractivity contribution in [3.63, 3.8) is 0 Å². The number of allylic oxidation sites excluding steroid dienone is 1. The maximum atomic E-state index is 5.67. The van der Waals surface area contributed by atoms with Crippen molar-refractivity contribution in [1.29, 1.82) is 0 Å². The maximum Gasteiger partial charge on any atom is 0.0855 e. The quantitative estimate of drug-likeness (QED) is 0.698. The average Bonchev–Trinajstić information content (AvgIpc) is 2.09. The second kappa shape index (κ2) is 4.83. The Bertz CT molecular complexity index is 271. The van der Waals surface area contributed by atoms with Gasteiger partial charge in [-0.3, -0.25) is 4.98 Å². The zero-order valence-corrected chi connectivity index (χ0v) is 7.67. The average molecular weight is 180 g/mol. The van der Waals surface area contributed by atoms with Gasteiger partial charge in [0.05, 0.1) is 11.4 Å². The van der Waals surface area contributed by atoms with E-state index in [4.69, 9.17) is 5.73 Å². The largest absolute Gasteiger partial charge is 0.397 e. The third-order valence-corrected chi connectivity index (χ3v) is 1.70. The van der Waals surface area contributed by atoms with Gasteiger partial charge in [0.15, 0.2) is 0 Å². The van der Waals surface area contributed by atoms with Crippen molar-refractivity contribution in [3.05, 3.63) is 30.1 Å². The van der Waals surface area contributed by atoms with Crippen LogP contribution in [0, 0.1) is 0 Å². The highest BCUT2D eigenvalue weighted by molar-refractivity contribution is 7.80. The van der Waals surface area contributed by atoms with E-state index in [2.05, 4.69) is 17.6 Å². The van der Waals surface area contributed by atoms with Gasteiger partial charge in [0.2, 0.25) is 0 Å². The number of pyridine rings is 1. The molecule has 0 spiro atoms. The fourth-order valence-electron chi connectivity index (χ4n) is 0.839. The molecule has 0 bridgehead atoms. The molecule has 0 saturated carbocycles. The van der Waals surface area contributed by atoms with Gasteiger partial charge in [0.1, 0.15) is 0 Å². The molecule has 0 aliphatic carbocycles. The molecule has 1 aromatic rings. The molecule has 2 nitrogen and oxygen atoms in total. The summed E-state index contributed by atoms with van der Waals surface area (Å²) < 4.78 is 0. The summed E-state index contributed by atoms with van der Waals surface area (Å²) in [5.41, 5.74) is 7.22. The number of hydrogen-bond acceptors (Lipinski definition) is 3. The normalized spacial score (nSPS) is 10.8. The molecule has 0 saturated heterocycles. The van der Waals surface area contributed by atoms with Gasteiger partial charge >= 0.3 is 0 Å². The first-order valence-electron chi connectivity index (χ1n) is 3.82. The number of thiol groups is 1. The molecule has 1 heterocycles. The standard InChI is InChI=1S/C9H12N2S/c10-8-4-3-6-11-9(8)5-1-2-7-12/h1,3-6,12H,2,7,10H2. The van der Waals surface area contributed by atoms with Crippen molar-refractivity contribution >= 4 is 24.4 Å². The van der Waals surface area contributed by atoms with Gasteiger partial charge in [-0.1, -0.05) is 6.08 Å². The Morgan fingerprint density at radius 3 is 3.08 bits per heavy atom. The molecule has 0 unspecified atom stereocenters. The SMILES string of the molecule is Nc1cccnc1C=CCCS. The van der Waals surface area contributed by atoms with Crippen LogP contribution < -0.4 is 5.73 Å². The van der Waals surface area contributed by atoms with Crippen molar-refractivity contribution in [1.82, 2.24) is 4.98 Å². The Labute approximate surface area is 77.9 Å². The number of nitrogens with two attached hydrogens (primary N) is 1. The molecule has 0 aromatic carbocycles. The molecule has 3 heteroatoms. The van der Waals surface area contributed by atoms with Crippen LogP contribution in [0.25, 0.3) is 6.08 Å². The van der Waals surface area contributed by atoms with Gasteiger partial charge in [0.25, 0.3) is 0 Å². The summed E-state index contributed by atoms with van der Waals surface area (Å²) in [5.74, 6) is 0.850. The summed E-state index contributed by atoms with van der Waals surface area (Å²) in [4.78, 5) is 4.11. The van der Waals surface area contributed by atoms with Gasteiger partial charge in [-0.2, -0.15) is 12.6 Å². The van der Waals surface area contributed by atoms with Crippen LogP contribution in [0.5, 0.6) is 0 Å². The highest BCUT2D eigenvalue weighted by atomic mass is 32.1. The first-order valence-corrected chi connectivity index (χ1v) is 4.45. The lowest BCUT2D eigenvalue weighted by molar-refractivity contribution is 1.25. The molecule has 0 amide bonds. The van der Waals surface area contributed by atoms with E-state index in [1.807, 2.05) is 24.3 Å². The number of rotatable bonds is 3. The maximum absolute atomic E-state index is 5.67. The van der Waals surface area contributed by atoms with Crippen molar-refractivity contribution in [2.45, 2.75) is 6.42 Å². The lowest BCUT2D eigenvalue weighted by Crippen LogP contribution is -1.90. The fourth-order valence-corrected chi connectivity index (χ4v) is 0.988. The van der Waals surface area contributed by atoms with E-state index in [9.17, 15) is 0 Å². The predicted molar refractivity (Wildman–Crippen MR) is 56.2 cm³/mol. The van der Waals surface area contributed by atoms with E-state index >= 15 is 0 Å². The third-order valence-electron chi connectivity index (χ3n) is 1.44. The number of aromatic nitrogens is 1. The van der Waals surface area contributed by atoms with Crippen molar-refractivity contribution < 1.29 is 0 Å². The first-order chi connectivity index (χ1) is 5.84. The minimum absolute atomic E-state index is 0.716. The minimum atomic E-state index is 0.716. The van der Waals surface area contributed by atoms with Crippen LogP contribution in [0.2, 0.25) is 0 Å². The molecular weight excluding hydrogens is 168 g/mol. The molecule has 0 aliphatic heterocycles. The Kier molecular flexibility index (Phi) is 3.67. The second-order valence-electron chi connectivity index (χ2n) is 2.39. The van der Waals surface area contributed by atoms with E-state index in [1.165, 1.54) is 0 Å². The van der Waals surface area contributed by atoms with Crippen molar-refractivity contribution in [3.8, 4) is 0 Å². The highest BCUT2D eigenvalue weighted by Crippen LogP contribution is 2.08. The number of nitrogen functional groups attached to an aromatic ring is 1. The van der Waals surface area contributed by atoms with Crippen molar-refractivity contribution in [2.75, 3.05) is 11.5 Å². The fraction of sp³-hybridized carbons (Fsp3) is 0.222. The van der Waals surface area contributed by atoms with E-state index in [0.717, 1.165) is 17.9 Å². The third kappa shape index (κ3) is 2.58. The summed E-state index contributed by atoms with van der Waals surface area (Å²) in [7, 11) is 0. The van der Waals surface area contributed by atoms with Gasteiger partial charge < -0.3 is 5.73 Å². The van der Waals surface area contributed by atoms with Gasteiger partial charge in [-0.05, 0) is 30.4 Å². The van der Waals surface area contributed by atoms with Gasteiger partial charge in [0, 0.05) is 6.20 Å². The van der Waals surface area contributed by atoms with Gasteiger partial charge in [-0.25, -0.2) is 0 Å². The Hall–Kier alpha value is -0.960. The Morgan fingerprint density at radius 2 is 2.42 bits per heavy atom. The predicted octanol–water partition coefficient (Wildman–Crippen LogP) is 2.00. The Morgan fingerprint density at radius 1 is 1.58 bits per heavy atom. The Balaban J connectivity index is 2.68. The zero-order chi connectivity index (χ0) is 8.81. The molecule has 2 N–H and O–H groups in total. The second-order valence-corrected chi connectivity index (χ2v) is 2.84. The summed E-state index contributed by atoms with van der Waals surface area (Å²) in [5, 5.41) is 0. The monoisotopic (exact) mass is 180 g/mol. The smallest absolute Gasteiger partial charge is 0.0855 e. The van der Waals surface area contributed by atoms with Crippen LogP contribution in [0.3, 0.4) is 0 Å². The lowest BCUT2D eigenvalue weighted by atomic mass is 10.2. The molecule has 0 fully saturated rings. The number of hydrogen-bond donors (Lipinski definition) is 2. The summed E-state index contributed by atoms with van der Waals surface area (Å²) >= 11 is 4.09. The van der Waals surface area contributed by atoms with Gasteiger partial charge in [-0.15, -0.1) is 0 Å². The lowest BCUT2D eigenvalue weighted by Gasteiger charge is -1.96. The van der Waals surface area contributed by atoms with E-state index in [0.29, 0.717) is 5.69 Å². The minimum Gasteiger partial charge on any atom is -0.397 e. The summed E-state index contributed by atoms with van der Waals surface area (Å²) in [6.07, 6.45) is 6.62. The highest BCUT2D eigenvalue weighted by Gasteiger charge is 1.91. The number of nitrogens with zero attached hydrogens (tertiary/aromatic N) is 1. The topological polar surface area (TPSA) is 38.9 Å². The molecular formula is C9H12N2S. The molecule has 0 radical (unpaired) electrons. The van der Waals surface area contributed by atoms with Crippen molar-refractivity contribution in [2.24, 2.45) is 0 Å². The van der Waals surface area contributed by atoms with Crippen LogP contribution in [-0.4, -0.2) is 10.7 Å². The molecule has 0 aliphatic rings. The van der Waals surface area contributed by atoms with E-state index in [-0.39, 0.29) is 0 Å². The van der Waals surface area contributed by atoms with E-state index < -0.39 is 0 Å². The molecule has 0 atom stereocenters. The summed E-state index contributed by atoms with van der Waals surface area (Å²) in [6, 6.07) is 3.67. The molecule has 1 aromatic heterocycles. The van der Waals surface area contributed by atoms with Crippen LogP contribution in [0.1, 0.15) is 12.1 Å². The molecule has 64 valence electrons.